The summed E-state index contributed by atoms with van der Waals surface area (Å²) in [5.41, 5.74) is 3.11. The standard InChI is InChI=1S/C33H58O2/c1-9-10-11-13-18-35-30(6,7)23-33-24-32(33)21-28(33)26-20-31(8,17-16-27(26)32)22-29(4,5)34-19-14-12-15-25(2)3/h26-28H,2,9-24H2,1,3-8H3. The van der Waals surface area contributed by atoms with Crippen molar-refractivity contribution in [2.45, 2.75) is 150 Å². The Hall–Kier alpha value is -0.340. The minimum absolute atomic E-state index is 0.0150. The Bertz CT molecular complexity index is 752. The highest BCUT2D eigenvalue weighted by molar-refractivity contribution is 5.36. The van der Waals surface area contributed by atoms with Crippen molar-refractivity contribution in [3.8, 4) is 0 Å². The van der Waals surface area contributed by atoms with Crippen LogP contribution in [0.2, 0.25) is 0 Å². The van der Waals surface area contributed by atoms with Crippen LogP contribution in [-0.4, -0.2) is 24.4 Å². The molecule has 4 fully saturated rings. The van der Waals surface area contributed by atoms with Crippen LogP contribution in [0.3, 0.4) is 0 Å². The van der Waals surface area contributed by atoms with Crippen LogP contribution in [-0.2, 0) is 9.47 Å². The van der Waals surface area contributed by atoms with Gasteiger partial charge in [-0.25, -0.2) is 0 Å². The predicted octanol–water partition coefficient (Wildman–Crippen LogP) is 9.52. The van der Waals surface area contributed by atoms with Crippen LogP contribution in [0.1, 0.15) is 138 Å². The van der Waals surface area contributed by atoms with Gasteiger partial charge in [0.25, 0.3) is 0 Å². The van der Waals surface area contributed by atoms with Crippen molar-refractivity contribution >= 4 is 0 Å². The first-order valence-electron chi connectivity index (χ1n) is 15.3. The zero-order chi connectivity index (χ0) is 25.5. The highest BCUT2D eigenvalue weighted by Gasteiger charge is 2.88. The van der Waals surface area contributed by atoms with E-state index in [1.54, 1.807) is 0 Å². The topological polar surface area (TPSA) is 18.5 Å². The van der Waals surface area contributed by atoms with E-state index in [-0.39, 0.29) is 11.2 Å². The van der Waals surface area contributed by atoms with E-state index in [4.69, 9.17) is 9.47 Å². The molecule has 0 aliphatic heterocycles. The minimum Gasteiger partial charge on any atom is -0.376 e. The number of rotatable bonds is 16. The van der Waals surface area contributed by atoms with Gasteiger partial charge in [0, 0.05) is 13.2 Å². The molecule has 6 unspecified atom stereocenters. The molecule has 0 N–H and O–H groups in total. The van der Waals surface area contributed by atoms with Crippen molar-refractivity contribution in [1.29, 1.82) is 0 Å². The molecular weight excluding hydrogens is 428 g/mol. The molecule has 4 saturated carbocycles. The zero-order valence-corrected chi connectivity index (χ0v) is 24.6. The number of unbranched alkanes of at least 4 members (excludes halogenated alkanes) is 4. The quantitative estimate of drug-likeness (QED) is 0.160. The summed E-state index contributed by atoms with van der Waals surface area (Å²) in [5.74, 6) is 2.95. The van der Waals surface area contributed by atoms with Crippen molar-refractivity contribution in [2.75, 3.05) is 13.2 Å². The largest absolute Gasteiger partial charge is 0.376 e. The number of ether oxygens (including phenoxy) is 2. The van der Waals surface area contributed by atoms with E-state index in [1.165, 1.54) is 82.6 Å². The van der Waals surface area contributed by atoms with Crippen LogP contribution in [0.5, 0.6) is 0 Å². The monoisotopic (exact) mass is 486 g/mol. The molecule has 0 radical (unpaired) electrons. The Morgan fingerprint density at radius 2 is 1.54 bits per heavy atom. The Morgan fingerprint density at radius 1 is 0.886 bits per heavy atom. The summed E-state index contributed by atoms with van der Waals surface area (Å²) >= 11 is 0. The molecular formula is C33H58O2. The number of hydrogen-bond donors (Lipinski definition) is 0. The highest BCUT2D eigenvalue weighted by Crippen LogP contribution is 2.94. The van der Waals surface area contributed by atoms with Crippen molar-refractivity contribution in [3.05, 3.63) is 12.2 Å². The van der Waals surface area contributed by atoms with Gasteiger partial charge in [-0.1, -0.05) is 38.7 Å². The van der Waals surface area contributed by atoms with Gasteiger partial charge >= 0.3 is 0 Å². The Balaban J connectivity index is 1.28. The molecule has 0 aromatic carbocycles. The lowest BCUT2D eigenvalue weighted by Gasteiger charge is -2.45. The summed E-state index contributed by atoms with van der Waals surface area (Å²) in [6.45, 7) is 22.3. The lowest BCUT2D eigenvalue weighted by molar-refractivity contribution is -0.0685. The fraction of sp³-hybridized carbons (Fsp3) is 0.939. The second-order valence-electron chi connectivity index (χ2n) is 15.2. The van der Waals surface area contributed by atoms with Crippen molar-refractivity contribution < 1.29 is 9.47 Å². The van der Waals surface area contributed by atoms with Gasteiger partial charge in [0.1, 0.15) is 0 Å². The molecule has 0 saturated heterocycles. The van der Waals surface area contributed by atoms with Gasteiger partial charge in [0.15, 0.2) is 0 Å². The fourth-order valence-electron chi connectivity index (χ4n) is 9.78. The molecule has 4 aliphatic carbocycles. The lowest BCUT2D eigenvalue weighted by Crippen LogP contribution is -2.40. The van der Waals surface area contributed by atoms with Crippen LogP contribution in [0.25, 0.3) is 0 Å². The van der Waals surface area contributed by atoms with Crippen LogP contribution in [0.4, 0.5) is 0 Å². The average Bonchev–Trinajstić information content (AvgIpc) is 2.99. The summed E-state index contributed by atoms with van der Waals surface area (Å²) in [6.07, 6.45) is 18.6. The minimum atomic E-state index is -0.0150. The smallest absolute Gasteiger partial charge is 0.0632 e. The van der Waals surface area contributed by atoms with Crippen LogP contribution < -0.4 is 0 Å². The normalized spacial score (nSPS) is 37.5. The van der Waals surface area contributed by atoms with Gasteiger partial charge in [0.05, 0.1) is 11.2 Å². The summed E-state index contributed by atoms with van der Waals surface area (Å²) in [5, 5.41) is 0. The van der Waals surface area contributed by atoms with E-state index < -0.39 is 0 Å². The van der Waals surface area contributed by atoms with E-state index >= 15 is 0 Å². The highest BCUT2D eigenvalue weighted by atomic mass is 16.5. The summed E-state index contributed by atoms with van der Waals surface area (Å²) < 4.78 is 13.0. The predicted molar refractivity (Wildman–Crippen MR) is 149 cm³/mol. The van der Waals surface area contributed by atoms with Crippen LogP contribution >= 0.6 is 0 Å². The third-order valence-electron chi connectivity index (χ3n) is 10.9. The molecule has 4 rings (SSSR count). The van der Waals surface area contributed by atoms with Crippen LogP contribution in [0.15, 0.2) is 12.2 Å². The Labute approximate surface area is 218 Å². The first kappa shape index (κ1) is 27.7. The molecule has 35 heavy (non-hydrogen) atoms. The third kappa shape index (κ3) is 5.59. The SMILES string of the molecule is C=C(C)CCCCOC(C)(C)CC1(C)CCC2C(C1)C1CC23CC13CC(C)(C)OCCCCCC. The van der Waals surface area contributed by atoms with E-state index in [0.29, 0.717) is 16.2 Å². The third-order valence-corrected chi connectivity index (χ3v) is 10.9. The second-order valence-corrected chi connectivity index (χ2v) is 15.2. The maximum Gasteiger partial charge on any atom is 0.0632 e. The average molecular weight is 487 g/mol. The fourth-order valence-corrected chi connectivity index (χ4v) is 9.78. The number of fused-ring (bicyclic) bond motifs is 2. The molecule has 0 aromatic rings. The van der Waals surface area contributed by atoms with Gasteiger partial charge in [-0.05, 0) is 139 Å². The number of hydrogen-bond acceptors (Lipinski definition) is 2. The molecule has 4 aliphatic rings. The first-order chi connectivity index (χ1) is 16.4. The summed E-state index contributed by atoms with van der Waals surface area (Å²) in [7, 11) is 0. The molecule has 2 heteroatoms. The first-order valence-corrected chi connectivity index (χ1v) is 15.3. The maximum atomic E-state index is 6.50. The van der Waals surface area contributed by atoms with Crippen molar-refractivity contribution in [3.63, 3.8) is 0 Å². The molecule has 0 amide bonds. The molecule has 202 valence electrons. The maximum absolute atomic E-state index is 6.50. The molecule has 6 atom stereocenters. The molecule has 2 bridgehead atoms. The summed E-state index contributed by atoms with van der Waals surface area (Å²) in [4.78, 5) is 0. The van der Waals surface area contributed by atoms with Crippen LogP contribution in [0, 0.1) is 34.0 Å². The van der Waals surface area contributed by atoms with Gasteiger partial charge in [-0.3, -0.25) is 0 Å². The van der Waals surface area contributed by atoms with E-state index in [1.807, 2.05) is 0 Å². The molecule has 2 nitrogen and oxygen atoms in total. The zero-order valence-electron chi connectivity index (χ0n) is 24.6. The Kier molecular flexibility index (Phi) is 7.98. The van der Waals surface area contributed by atoms with Gasteiger partial charge < -0.3 is 9.47 Å². The molecule has 0 aromatic heterocycles. The number of allylic oxidation sites excluding steroid dienone is 1. The van der Waals surface area contributed by atoms with E-state index in [0.717, 1.165) is 43.8 Å². The van der Waals surface area contributed by atoms with E-state index in [9.17, 15) is 0 Å². The Morgan fingerprint density at radius 3 is 2.20 bits per heavy atom. The second kappa shape index (κ2) is 10.1. The summed E-state index contributed by atoms with van der Waals surface area (Å²) in [6, 6.07) is 0. The van der Waals surface area contributed by atoms with Crippen molar-refractivity contribution in [2.24, 2.45) is 34.0 Å². The lowest BCUT2D eigenvalue weighted by atomic mass is 9.62. The van der Waals surface area contributed by atoms with Gasteiger partial charge in [0.2, 0.25) is 0 Å². The van der Waals surface area contributed by atoms with Crippen molar-refractivity contribution in [1.82, 2.24) is 0 Å². The molecule has 0 spiro atoms. The van der Waals surface area contributed by atoms with Gasteiger partial charge in [-0.15, -0.1) is 6.58 Å². The van der Waals surface area contributed by atoms with E-state index in [2.05, 4.69) is 55.0 Å². The van der Waals surface area contributed by atoms with Gasteiger partial charge in [-0.2, -0.15) is 0 Å². The molecule has 0 heterocycles.